The summed E-state index contributed by atoms with van der Waals surface area (Å²) >= 11 is 0. The van der Waals surface area contributed by atoms with Crippen molar-refractivity contribution >= 4 is 34.5 Å². The van der Waals surface area contributed by atoms with E-state index < -0.39 is 17.0 Å². The van der Waals surface area contributed by atoms with Crippen LogP contribution < -0.4 is 9.80 Å². The van der Waals surface area contributed by atoms with Gasteiger partial charge in [-0.05, 0) is 53.9 Å². The summed E-state index contributed by atoms with van der Waals surface area (Å²) in [5.41, 5.74) is 4.26. The molecular weight excluding hydrogens is 563 g/mol. The Morgan fingerprint density at radius 3 is 1.96 bits per heavy atom. The molecule has 2 heterocycles. The van der Waals surface area contributed by atoms with Crippen molar-refractivity contribution in [2.24, 2.45) is 0 Å². The zero-order valence-corrected chi connectivity index (χ0v) is 24.5. The lowest BCUT2D eigenvalue weighted by Gasteiger charge is -2.28. The van der Waals surface area contributed by atoms with Crippen molar-refractivity contribution in [1.82, 2.24) is 0 Å². The Balaban J connectivity index is 1.43. The largest absolute Gasteiger partial charge is 0.306 e. The molecule has 8 rings (SSSR count). The summed E-state index contributed by atoms with van der Waals surface area (Å²) in [4.78, 5) is 47.8. The molecule has 2 amide bonds. The Labute approximate surface area is 259 Å². The minimum Gasteiger partial charge on any atom is -0.306 e. The predicted molar refractivity (Wildman–Crippen MR) is 171 cm³/mol. The molecule has 0 aromatic heterocycles. The van der Waals surface area contributed by atoms with Crippen LogP contribution in [-0.2, 0) is 28.1 Å². The summed E-state index contributed by atoms with van der Waals surface area (Å²) in [5, 5.41) is 0. The first kappa shape index (κ1) is 27.0. The molecule has 3 aliphatic rings. The summed E-state index contributed by atoms with van der Waals surface area (Å²) in [6.07, 6.45) is 0. The molecule has 0 fully saturated rings. The van der Waals surface area contributed by atoms with Gasteiger partial charge in [0, 0.05) is 28.0 Å². The molecule has 0 radical (unpaired) electrons. The molecule has 6 heteroatoms. The van der Waals surface area contributed by atoms with Crippen LogP contribution >= 0.6 is 0 Å². The Morgan fingerprint density at radius 2 is 1.24 bits per heavy atom. The van der Waals surface area contributed by atoms with E-state index in [4.69, 9.17) is 0 Å². The minimum atomic E-state index is -1.70. The first-order chi connectivity index (χ1) is 21.9. The third-order valence-electron chi connectivity index (χ3n) is 9.19. The van der Waals surface area contributed by atoms with E-state index >= 15 is 9.18 Å². The molecule has 1 unspecified atom stereocenters. The number of nitrogens with zero attached hydrogens (tertiary/aromatic N) is 2. The van der Waals surface area contributed by atoms with Gasteiger partial charge in [-0.15, -0.1) is 0 Å². The number of aryl methyl sites for hydroxylation is 1. The van der Waals surface area contributed by atoms with E-state index in [-0.39, 0.29) is 29.5 Å². The van der Waals surface area contributed by atoms with Crippen molar-refractivity contribution in [3.8, 4) is 0 Å². The van der Waals surface area contributed by atoms with Crippen LogP contribution in [0.1, 0.15) is 43.7 Å². The lowest BCUT2D eigenvalue weighted by Crippen LogP contribution is -2.42. The third-order valence-corrected chi connectivity index (χ3v) is 9.19. The van der Waals surface area contributed by atoms with Gasteiger partial charge in [-0.2, -0.15) is 0 Å². The summed E-state index contributed by atoms with van der Waals surface area (Å²) < 4.78 is 15.2. The smallest absolute Gasteiger partial charge is 0.259 e. The summed E-state index contributed by atoms with van der Waals surface area (Å²) in [5.74, 6) is -1.66. The second-order valence-electron chi connectivity index (χ2n) is 11.8. The lowest BCUT2D eigenvalue weighted by molar-refractivity contribution is -0.120. The van der Waals surface area contributed by atoms with Crippen molar-refractivity contribution in [2.75, 3.05) is 9.80 Å². The van der Waals surface area contributed by atoms with Gasteiger partial charge in [0.1, 0.15) is 11.2 Å². The van der Waals surface area contributed by atoms with Crippen molar-refractivity contribution < 1.29 is 18.8 Å². The number of anilines is 2. The van der Waals surface area contributed by atoms with Gasteiger partial charge in [-0.3, -0.25) is 14.4 Å². The molecule has 0 bridgehead atoms. The second-order valence-corrected chi connectivity index (χ2v) is 11.8. The highest BCUT2D eigenvalue weighted by Gasteiger charge is 2.63. The molecule has 5 aromatic rings. The average Bonchev–Trinajstić information content (AvgIpc) is 3.56. The SMILES string of the molecule is Cc1ccc2c(c1)/C(=C1\C(=O)c3ccccc3C13C(=O)N(Cc1ccccc1)c1ccc(F)cc13)C(=O)N2Cc1ccccc1. The van der Waals surface area contributed by atoms with Gasteiger partial charge in [0.15, 0.2) is 5.78 Å². The molecular formula is C39H27FN2O3. The molecule has 218 valence electrons. The quantitative estimate of drug-likeness (QED) is 0.209. The molecule has 1 atom stereocenters. The number of halogens is 1. The number of hydrogen-bond donors (Lipinski definition) is 0. The summed E-state index contributed by atoms with van der Waals surface area (Å²) in [6, 6.07) is 36.2. The van der Waals surface area contributed by atoms with Crippen molar-refractivity contribution in [3.63, 3.8) is 0 Å². The molecule has 1 aliphatic carbocycles. The highest BCUT2D eigenvalue weighted by molar-refractivity contribution is 6.42. The minimum absolute atomic E-state index is 0.0866. The Kier molecular flexibility index (Phi) is 5.97. The van der Waals surface area contributed by atoms with Crippen LogP contribution in [0.15, 0.2) is 127 Å². The fourth-order valence-corrected chi connectivity index (χ4v) is 7.25. The van der Waals surface area contributed by atoms with Crippen LogP contribution in [0.5, 0.6) is 0 Å². The van der Waals surface area contributed by atoms with Gasteiger partial charge in [-0.1, -0.05) is 96.6 Å². The topological polar surface area (TPSA) is 57.7 Å². The van der Waals surface area contributed by atoms with Gasteiger partial charge in [0.25, 0.3) is 5.91 Å². The van der Waals surface area contributed by atoms with Crippen LogP contribution in [0.2, 0.25) is 0 Å². The van der Waals surface area contributed by atoms with Crippen LogP contribution in [0.25, 0.3) is 5.57 Å². The van der Waals surface area contributed by atoms with E-state index in [0.29, 0.717) is 40.2 Å². The Bertz CT molecular complexity index is 2100. The first-order valence-electron chi connectivity index (χ1n) is 14.9. The van der Waals surface area contributed by atoms with Gasteiger partial charge in [0.05, 0.1) is 24.4 Å². The van der Waals surface area contributed by atoms with Crippen molar-refractivity contribution in [3.05, 3.63) is 172 Å². The fourth-order valence-electron chi connectivity index (χ4n) is 7.25. The van der Waals surface area contributed by atoms with Crippen LogP contribution in [-0.4, -0.2) is 17.6 Å². The number of ketones is 1. The summed E-state index contributed by atoms with van der Waals surface area (Å²) in [6.45, 7) is 2.45. The summed E-state index contributed by atoms with van der Waals surface area (Å²) in [7, 11) is 0. The zero-order chi connectivity index (χ0) is 30.9. The number of carbonyl (C=O) groups excluding carboxylic acids is 3. The normalized spacial score (nSPS) is 19.8. The highest BCUT2D eigenvalue weighted by atomic mass is 19.1. The average molecular weight is 591 g/mol. The molecule has 5 nitrogen and oxygen atoms in total. The van der Waals surface area contributed by atoms with Crippen LogP contribution in [0, 0.1) is 12.7 Å². The van der Waals surface area contributed by atoms with E-state index in [9.17, 15) is 9.59 Å². The predicted octanol–water partition coefficient (Wildman–Crippen LogP) is 7.16. The standard InChI is InChI=1S/C39H27FN2O3/c1-24-16-18-32-29(20-24)34(37(44)41(32)22-25-10-4-2-5-11-25)35-36(43)28-14-8-9-15-30(28)39(35)31-21-27(40)17-19-33(31)42(38(39)45)23-26-12-6-3-7-13-26/h2-21H,22-23H2,1H3/b35-34-. The van der Waals surface area contributed by atoms with Gasteiger partial charge in [-0.25, -0.2) is 4.39 Å². The zero-order valence-electron chi connectivity index (χ0n) is 24.5. The van der Waals surface area contributed by atoms with E-state index in [1.54, 1.807) is 40.1 Å². The Hall–Kier alpha value is -5.62. The van der Waals surface area contributed by atoms with Gasteiger partial charge in [0.2, 0.25) is 5.91 Å². The number of Topliss-reactive ketones (excluding diaryl/α,β-unsaturated/α-hetero) is 1. The van der Waals surface area contributed by atoms with E-state index in [0.717, 1.165) is 16.7 Å². The molecule has 2 aliphatic heterocycles. The Morgan fingerprint density at radius 1 is 0.622 bits per heavy atom. The van der Waals surface area contributed by atoms with Crippen LogP contribution in [0.3, 0.4) is 0 Å². The highest BCUT2D eigenvalue weighted by Crippen LogP contribution is 2.59. The van der Waals surface area contributed by atoms with E-state index in [1.165, 1.54) is 12.1 Å². The van der Waals surface area contributed by atoms with Crippen molar-refractivity contribution in [2.45, 2.75) is 25.4 Å². The number of rotatable bonds is 4. The number of fused-ring (bicyclic) bond motifs is 5. The van der Waals surface area contributed by atoms with Gasteiger partial charge >= 0.3 is 0 Å². The molecule has 0 saturated carbocycles. The monoisotopic (exact) mass is 590 g/mol. The molecule has 5 aromatic carbocycles. The number of carbonyl (C=O) groups is 3. The number of amides is 2. The van der Waals surface area contributed by atoms with E-state index in [2.05, 4.69) is 0 Å². The van der Waals surface area contributed by atoms with Gasteiger partial charge < -0.3 is 9.80 Å². The van der Waals surface area contributed by atoms with Crippen molar-refractivity contribution in [1.29, 1.82) is 0 Å². The second kappa shape index (κ2) is 9.96. The first-order valence-corrected chi connectivity index (χ1v) is 14.9. The maximum absolute atomic E-state index is 15.2. The maximum atomic E-state index is 15.2. The number of benzene rings is 5. The fraction of sp³-hybridized carbons (Fsp3) is 0.103. The van der Waals surface area contributed by atoms with Crippen LogP contribution in [0.4, 0.5) is 15.8 Å². The maximum Gasteiger partial charge on any atom is 0.259 e. The van der Waals surface area contributed by atoms with E-state index in [1.807, 2.05) is 85.8 Å². The molecule has 0 saturated heterocycles. The lowest BCUT2D eigenvalue weighted by atomic mass is 9.71. The third kappa shape index (κ3) is 3.82. The molecule has 0 N–H and O–H groups in total. The molecule has 45 heavy (non-hydrogen) atoms. The number of hydrogen-bond acceptors (Lipinski definition) is 3. The molecule has 1 spiro atoms.